The highest BCUT2D eigenvalue weighted by Gasteiger charge is 2.36. The highest BCUT2D eigenvalue weighted by molar-refractivity contribution is 6.35. The smallest absolute Gasteiger partial charge is 0.336 e. The number of rotatable bonds is 5. The van der Waals surface area contributed by atoms with Crippen molar-refractivity contribution < 1.29 is 28.6 Å². The van der Waals surface area contributed by atoms with E-state index in [1.54, 1.807) is 12.1 Å². The van der Waals surface area contributed by atoms with E-state index in [1.165, 1.54) is 44.7 Å². The number of nitrogens with zero attached hydrogens (tertiary/aromatic N) is 1. The highest BCUT2D eigenvalue weighted by atomic mass is 35.5. The predicted molar refractivity (Wildman–Crippen MR) is 98.1 cm³/mol. The van der Waals surface area contributed by atoms with E-state index >= 15 is 0 Å². The number of halogens is 2. The van der Waals surface area contributed by atoms with Crippen molar-refractivity contribution in [3.05, 3.63) is 57.4 Å². The van der Waals surface area contributed by atoms with Gasteiger partial charge in [-0.05, 0) is 17.7 Å². The summed E-state index contributed by atoms with van der Waals surface area (Å²) in [5.41, 5.74) is 0.675. The molecule has 1 heterocycles. The van der Waals surface area contributed by atoms with Crippen LogP contribution in [-0.2, 0) is 28.6 Å². The van der Waals surface area contributed by atoms with Crippen LogP contribution in [0, 0.1) is 0 Å². The second kappa shape index (κ2) is 8.92. The van der Waals surface area contributed by atoms with Crippen LogP contribution in [0.15, 0.2) is 41.7 Å². The Labute approximate surface area is 166 Å². The van der Waals surface area contributed by atoms with E-state index in [0.29, 0.717) is 10.6 Å². The maximum atomic E-state index is 12.4. The lowest BCUT2D eigenvalue weighted by Crippen LogP contribution is -2.31. The lowest BCUT2D eigenvalue weighted by atomic mass is 9.83. The second-order valence-electron chi connectivity index (χ2n) is 5.50. The van der Waals surface area contributed by atoms with E-state index in [1.807, 2.05) is 0 Å². The van der Waals surface area contributed by atoms with Crippen LogP contribution in [0.4, 0.5) is 0 Å². The Morgan fingerprint density at radius 2 is 1.52 bits per heavy atom. The number of hydrogen-bond acceptors (Lipinski definition) is 7. The van der Waals surface area contributed by atoms with E-state index in [2.05, 4.69) is 4.74 Å². The number of hydrogen-bond donors (Lipinski definition) is 0. The molecule has 0 saturated heterocycles. The normalized spacial score (nSPS) is 14.2. The van der Waals surface area contributed by atoms with Gasteiger partial charge in [-0.2, -0.15) is 0 Å². The standard InChI is InChI=1S/C18H17Cl2NO6/c1-25-15(22)9-21-7-12(17(23)26-2)16(13(8-21)18(24)27-3)11-5-4-10(19)6-14(11)20/h4-8,16H,9H2,1-3H3. The quantitative estimate of drug-likeness (QED) is 0.541. The Hall–Kier alpha value is -2.51. The largest absolute Gasteiger partial charge is 0.468 e. The third-order valence-electron chi connectivity index (χ3n) is 3.89. The van der Waals surface area contributed by atoms with Crippen molar-refractivity contribution in [1.82, 2.24) is 4.90 Å². The molecule has 0 spiro atoms. The topological polar surface area (TPSA) is 82.1 Å². The van der Waals surface area contributed by atoms with Gasteiger partial charge in [-0.25, -0.2) is 9.59 Å². The van der Waals surface area contributed by atoms with Crippen LogP contribution in [0.5, 0.6) is 0 Å². The lowest BCUT2D eigenvalue weighted by molar-refractivity contribution is -0.142. The van der Waals surface area contributed by atoms with Crippen molar-refractivity contribution in [1.29, 1.82) is 0 Å². The summed E-state index contributed by atoms with van der Waals surface area (Å²) < 4.78 is 14.3. The van der Waals surface area contributed by atoms with Gasteiger partial charge in [0.1, 0.15) is 6.54 Å². The fourth-order valence-electron chi connectivity index (χ4n) is 2.66. The third kappa shape index (κ3) is 4.61. The maximum Gasteiger partial charge on any atom is 0.336 e. The maximum absolute atomic E-state index is 12.4. The van der Waals surface area contributed by atoms with E-state index in [-0.39, 0.29) is 22.7 Å². The van der Waals surface area contributed by atoms with Crippen molar-refractivity contribution >= 4 is 41.1 Å². The number of carbonyl (C=O) groups excluding carboxylic acids is 3. The van der Waals surface area contributed by atoms with Crippen molar-refractivity contribution in [2.75, 3.05) is 27.9 Å². The van der Waals surface area contributed by atoms with Crippen LogP contribution in [-0.4, -0.2) is 50.7 Å². The zero-order valence-corrected chi connectivity index (χ0v) is 16.3. The Morgan fingerprint density at radius 1 is 0.963 bits per heavy atom. The molecule has 0 unspecified atom stereocenters. The van der Waals surface area contributed by atoms with Gasteiger partial charge in [0.25, 0.3) is 0 Å². The minimum atomic E-state index is -0.858. The van der Waals surface area contributed by atoms with Crippen LogP contribution >= 0.6 is 23.2 Å². The molecule has 144 valence electrons. The lowest BCUT2D eigenvalue weighted by Gasteiger charge is -2.29. The van der Waals surface area contributed by atoms with Crippen LogP contribution in [0.3, 0.4) is 0 Å². The average Bonchev–Trinajstić information content (AvgIpc) is 2.66. The van der Waals surface area contributed by atoms with Gasteiger partial charge in [-0.1, -0.05) is 29.3 Å². The Morgan fingerprint density at radius 3 is 1.96 bits per heavy atom. The molecule has 0 aromatic heterocycles. The van der Waals surface area contributed by atoms with E-state index in [4.69, 9.17) is 32.7 Å². The molecule has 0 saturated carbocycles. The summed E-state index contributed by atoms with van der Waals surface area (Å²) in [6.45, 7) is -0.210. The Balaban J connectivity index is 2.63. The first-order valence-corrected chi connectivity index (χ1v) is 8.45. The van der Waals surface area contributed by atoms with Crippen molar-refractivity contribution in [2.24, 2.45) is 0 Å². The molecular weight excluding hydrogens is 397 g/mol. The molecule has 0 radical (unpaired) electrons. The van der Waals surface area contributed by atoms with E-state index < -0.39 is 23.8 Å². The molecule has 0 bridgehead atoms. The van der Waals surface area contributed by atoms with Crippen LogP contribution < -0.4 is 0 Å². The Bertz CT molecular complexity index is 799. The minimum absolute atomic E-state index is 0.105. The molecule has 0 aliphatic carbocycles. The Kier molecular flexibility index (Phi) is 6.87. The molecule has 2 rings (SSSR count). The molecule has 1 aliphatic rings. The summed E-state index contributed by atoms with van der Waals surface area (Å²) in [7, 11) is 3.66. The minimum Gasteiger partial charge on any atom is -0.468 e. The van der Waals surface area contributed by atoms with E-state index in [9.17, 15) is 14.4 Å². The highest BCUT2D eigenvalue weighted by Crippen LogP contribution is 2.40. The van der Waals surface area contributed by atoms with Gasteiger partial charge in [0, 0.05) is 22.4 Å². The average molecular weight is 414 g/mol. The zero-order chi connectivity index (χ0) is 20.1. The number of benzene rings is 1. The van der Waals surface area contributed by atoms with Gasteiger partial charge in [0.2, 0.25) is 0 Å². The zero-order valence-electron chi connectivity index (χ0n) is 14.8. The first-order valence-electron chi connectivity index (χ1n) is 7.70. The van der Waals surface area contributed by atoms with Crippen LogP contribution in [0.25, 0.3) is 0 Å². The SMILES string of the molecule is COC(=O)CN1C=C(C(=O)OC)C(c2ccc(Cl)cc2Cl)C(C(=O)OC)=C1. The summed E-state index contributed by atoms with van der Waals surface area (Å²) >= 11 is 12.2. The molecule has 1 aromatic carbocycles. The summed E-state index contributed by atoms with van der Waals surface area (Å²) in [5, 5.41) is 0.664. The van der Waals surface area contributed by atoms with Crippen LogP contribution in [0.1, 0.15) is 11.5 Å². The molecule has 1 aromatic rings. The fourth-order valence-corrected chi connectivity index (χ4v) is 3.18. The van der Waals surface area contributed by atoms with Crippen molar-refractivity contribution in [3.8, 4) is 0 Å². The monoisotopic (exact) mass is 413 g/mol. The summed E-state index contributed by atoms with van der Waals surface area (Å²) in [4.78, 5) is 37.8. The van der Waals surface area contributed by atoms with Gasteiger partial charge in [0.15, 0.2) is 0 Å². The summed E-state index contributed by atoms with van der Waals surface area (Å²) in [6, 6.07) is 4.70. The number of esters is 3. The molecule has 0 amide bonds. The molecular formula is C18H17Cl2NO6. The first-order chi connectivity index (χ1) is 12.8. The summed E-state index contributed by atoms with van der Waals surface area (Å²) in [6.07, 6.45) is 2.82. The second-order valence-corrected chi connectivity index (χ2v) is 6.34. The number of methoxy groups -OCH3 is 3. The molecule has 0 N–H and O–H groups in total. The summed E-state index contributed by atoms with van der Waals surface area (Å²) in [5.74, 6) is -2.78. The van der Waals surface area contributed by atoms with Crippen LogP contribution in [0.2, 0.25) is 10.0 Å². The van der Waals surface area contributed by atoms with Gasteiger partial charge >= 0.3 is 17.9 Å². The van der Waals surface area contributed by atoms with Gasteiger partial charge in [0.05, 0.1) is 38.4 Å². The van der Waals surface area contributed by atoms with Gasteiger partial charge in [-0.15, -0.1) is 0 Å². The molecule has 1 aliphatic heterocycles. The van der Waals surface area contributed by atoms with Crippen molar-refractivity contribution in [2.45, 2.75) is 5.92 Å². The van der Waals surface area contributed by atoms with E-state index in [0.717, 1.165) is 0 Å². The van der Waals surface area contributed by atoms with Gasteiger partial charge in [-0.3, -0.25) is 4.79 Å². The molecule has 0 atom stereocenters. The molecule has 9 heteroatoms. The predicted octanol–water partition coefficient (Wildman–Crippen LogP) is 2.68. The first kappa shape index (κ1) is 20.8. The fraction of sp³-hybridized carbons (Fsp3) is 0.278. The van der Waals surface area contributed by atoms with Gasteiger partial charge < -0.3 is 19.1 Å². The third-order valence-corrected chi connectivity index (χ3v) is 4.45. The molecule has 7 nitrogen and oxygen atoms in total. The van der Waals surface area contributed by atoms with Crippen molar-refractivity contribution in [3.63, 3.8) is 0 Å². The molecule has 0 fully saturated rings. The number of carbonyl (C=O) groups is 3. The number of ether oxygens (including phenoxy) is 3. The molecule has 27 heavy (non-hydrogen) atoms.